The Kier molecular flexibility index (Phi) is 4.08. The summed E-state index contributed by atoms with van der Waals surface area (Å²) in [6, 6.07) is 5.17. The molecule has 0 spiro atoms. The first-order valence-electron chi connectivity index (χ1n) is 5.55. The van der Waals surface area contributed by atoms with Gasteiger partial charge in [-0.15, -0.1) is 0 Å². The van der Waals surface area contributed by atoms with E-state index >= 15 is 0 Å². The van der Waals surface area contributed by atoms with Gasteiger partial charge in [0.15, 0.2) is 5.82 Å². The van der Waals surface area contributed by atoms with Crippen LogP contribution >= 0.6 is 15.9 Å². The SMILES string of the molecule is Cc1ccc(-c2ncc(C(=O)O)c(C(F)F)n2)cc1Br. The predicted molar refractivity (Wildman–Crippen MR) is 71.8 cm³/mol. The summed E-state index contributed by atoms with van der Waals surface area (Å²) >= 11 is 3.33. The van der Waals surface area contributed by atoms with Crippen LogP contribution in [0.5, 0.6) is 0 Å². The molecule has 0 saturated carbocycles. The zero-order valence-electron chi connectivity index (χ0n) is 10.3. The number of hydrogen-bond donors (Lipinski definition) is 1. The summed E-state index contributed by atoms with van der Waals surface area (Å²) in [5.74, 6) is -1.41. The van der Waals surface area contributed by atoms with Gasteiger partial charge in [-0.3, -0.25) is 0 Å². The molecule has 0 atom stereocenters. The average Bonchev–Trinajstić information content (AvgIpc) is 2.41. The Hall–Kier alpha value is -1.89. The highest BCUT2D eigenvalue weighted by Crippen LogP contribution is 2.26. The molecule has 0 aliphatic heterocycles. The fourth-order valence-corrected chi connectivity index (χ4v) is 1.98. The zero-order valence-corrected chi connectivity index (χ0v) is 11.9. The number of aromatic carboxylic acids is 1. The summed E-state index contributed by atoms with van der Waals surface area (Å²) in [4.78, 5) is 18.4. The second kappa shape index (κ2) is 5.62. The second-order valence-electron chi connectivity index (χ2n) is 4.06. The largest absolute Gasteiger partial charge is 0.478 e. The van der Waals surface area contributed by atoms with Crippen LogP contribution in [0.1, 0.15) is 28.0 Å². The van der Waals surface area contributed by atoms with Crippen LogP contribution in [0, 0.1) is 6.92 Å². The number of benzene rings is 1. The van der Waals surface area contributed by atoms with Gasteiger partial charge in [-0.2, -0.15) is 0 Å². The number of carboxylic acid groups (broad SMARTS) is 1. The maximum Gasteiger partial charge on any atom is 0.339 e. The first-order valence-corrected chi connectivity index (χ1v) is 6.34. The molecule has 0 aliphatic carbocycles. The van der Waals surface area contributed by atoms with Crippen molar-refractivity contribution in [3.63, 3.8) is 0 Å². The Balaban J connectivity index is 2.55. The summed E-state index contributed by atoms with van der Waals surface area (Å²) in [5, 5.41) is 8.84. The predicted octanol–water partition coefficient (Wildman–Crippen LogP) is 3.85. The van der Waals surface area contributed by atoms with Crippen LogP contribution in [-0.4, -0.2) is 21.0 Å². The number of aryl methyl sites for hydroxylation is 1. The van der Waals surface area contributed by atoms with Crippen LogP contribution in [-0.2, 0) is 0 Å². The highest BCUT2D eigenvalue weighted by Gasteiger charge is 2.21. The number of nitrogens with zero attached hydrogens (tertiary/aromatic N) is 2. The van der Waals surface area contributed by atoms with Crippen LogP contribution in [0.2, 0.25) is 0 Å². The van der Waals surface area contributed by atoms with E-state index in [2.05, 4.69) is 25.9 Å². The van der Waals surface area contributed by atoms with E-state index in [1.54, 1.807) is 18.2 Å². The van der Waals surface area contributed by atoms with Crippen molar-refractivity contribution < 1.29 is 18.7 Å². The molecule has 1 aromatic carbocycles. The molecule has 1 aromatic heterocycles. The van der Waals surface area contributed by atoms with Crippen molar-refractivity contribution >= 4 is 21.9 Å². The van der Waals surface area contributed by atoms with Crippen LogP contribution in [0.25, 0.3) is 11.4 Å². The Morgan fingerprint density at radius 2 is 2.10 bits per heavy atom. The minimum Gasteiger partial charge on any atom is -0.478 e. The summed E-state index contributed by atoms with van der Waals surface area (Å²) in [6.45, 7) is 1.88. The van der Waals surface area contributed by atoms with E-state index in [-0.39, 0.29) is 5.82 Å². The third-order valence-electron chi connectivity index (χ3n) is 2.69. The van der Waals surface area contributed by atoms with Crippen molar-refractivity contribution in [3.05, 3.63) is 45.7 Å². The zero-order chi connectivity index (χ0) is 14.9. The van der Waals surface area contributed by atoms with Gasteiger partial charge in [0.05, 0.1) is 0 Å². The van der Waals surface area contributed by atoms with Crippen LogP contribution in [0.4, 0.5) is 8.78 Å². The molecule has 0 saturated heterocycles. The van der Waals surface area contributed by atoms with Crippen LogP contribution in [0.15, 0.2) is 28.9 Å². The highest BCUT2D eigenvalue weighted by atomic mass is 79.9. The number of hydrogen-bond acceptors (Lipinski definition) is 3. The third-order valence-corrected chi connectivity index (χ3v) is 3.54. The van der Waals surface area contributed by atoms with Crippen molar-refractivity contribution in [1.29, 1.82) is 0 Å². The molecule has 2 aromatic rings. The Bertz CT molecular complexity index is 677. The van der Waals surface area contributed by atoms with Crippen molar-refractivity contribution in [2.45, 2.75) is 13.3 Å². The Morgan fingerprint density at radius 3 is 2.65 bits per heavy atom. The number of carboxylic acids is 1. The molecule has 0 bridgehead atoms. The molecule has 0 fully saturated rings. The molecule has 1 N–H and O–H groups in total. The van der Waals surface area contributed by atoms with E-state index < -0.39 is 23.7 Å². The first kappa shape index (κ1) is 14.5. The smallest absolute Gasteiger partial charge is 0.339 e. The van der Waals surface area contributed by atoms with Crippen LogP contribution < -0.4 is 0 Å². The maximum absolute atomic E-state index is 12.9. The molecule has 104 valence electrons. The quantitative estimate of drug-likeness (QED) is 0.920. The third kappa shape index (κ3) is 2.82. The lowest BCUT2D eigenvalue weighted by Gasteiger charge is -2.07. The first-order chi connectivity index (χ1) is 9.40. The van der Waals surface area contributed by atoms with Crippen molar-refractivity contribution in [1.82, 2.24) is 9.97 Å². The van der Waals surface area contributed by atoms with Gasteiger partial charge in [-0.1, -0.05) is 28.1 Å². The number of halogens is 3. The van der Waals surface area contributed by atoms with Gasteiger partial charge in [-0.25, -0.2) is 23.5 Å². The molecule has 0 radical (unpaired) electrons. The normalized spacial score (nSPS) is 10.8. The Labute approximate surface area is 121 Å². The number of carbonyl (C=O) groups is 1. The van der Waals surface area contributed by atoms with Gasteiger partial charge < -0.3 is 5.11 Å². The van der Waals surface area contributed by atoms with Gasteiger partial charge in [0.2, 0.25) is 0 Å². The monoisotopic (exact) mass is 342 g/mol. The lowest BCUT2D eigenvalue weighted by molar-refractivity contribution is 0.0681. The van der Waals surface area contributed by atoms with E-state index in [1.807, 2.05) is 6.92 Å². The molecule has 0 aliphatic rings. The van der Waals surface area contributed by atoms with Crippen molar-refractivity contribution in [2.24, 2.45) is 0 Å². The van der Waals surface area contributed by atoms with Gasteiger partial charge in [-0.05, 0) is 18.6 Å². The summed E-state index contributed by atoms with van der Waals surface area (Å²) in [6.07, 6.45) is -2.07. The fraction of sp³-hybridized carbons (Fsp3) is 0.154. The molecule has 2 rings (SSSR count). The fourth-order valence-electron chi connectivity index (χ4n) is 1.60. The van der Waals surface area contributed by atoms with E-state index in [4.69, 9.17) is 5.11 Å². The van der Waals surface area contributed by atoms with E-state index in [1.165, 1.54) is 0 Å². The topological polar surface area (TPSA) is 63.1 Å². The molecule has 0 amide bonds. The number of aromatic nitrogens is 2. The van der Waals surface area contributed by atoms with E-state index in [9.17, 15) is 13.6 Å². The number of alkyl halides is 2. The van der Waals surface area contributed by atoms with E-state index in [0.717, 1.165) is 16.2 Å². The second-order valence-corrected chi connectivity index (χ2v) is 4.92. The van der Waals surface area contributed by atoms with Gasteiger partial charge in [0.25, 0.3) is 6.43 Å². The molecule has 20 heavy (non-hydrogen) atoms. The lowest BCUT2D eigenvalue weighted by atomic mass is 10.1. The average molecular weight is 343 g/mol. The summed E-state index contributed by atoms with van der Waals surface area (Å²) < 4.78 is 26.5. The minimum absolute atomic E-state index is 0.0611. The van der Waals surface area contributed by atoms with E-state index in [0.29, 0.717) is 5.56 Å². The minimum atomic E-state index is -2.98. The molecule has 7 heteroatoms. The lowest BCUT2D eigenvalue weighted by Crippen LogP contribution is -2.08. The van der Waals surface area contributed by atoms with Gasteiger partial charge in [0.1, 0.15) is 11.3 Å². The van der Waals surface area contributed by atoms with Crippen molar-refractivity contribution in [3.8, 4) is 11.4 Å². The molecule has 4 nitrogen and oxygen atoms in total. The summed E-state index contributed by atoms with van der Waals surface area (Å²) in [5.41, 5.74) is 0.139. The maximum atomic E-state index is 12.9. The summed E-state index contributed by atoms with van der Waals surface area (Å²) in [7, 11) is 0. The van der Waals surface area contributed by atoms with Gasteiger partial charge in [0, 0.05) is 16.2 Å². The Morgan fingerprint density at radius 1 is 1.40 bits per heavy atom. The molecule has 1 heterocycles. The van der Waals surface area contributed by atoms with Crippen LogP contribution in [0.3, 0.4) is 0 Å². The standard InChI is InChI=1S/C13H9BrF2N2O2/c1-6-2-3-7(4-9(6)14)12-17-5-8(13(19)20)10(18-12)11(15)16/h2-5,11H,1H3,(H,19,20). The number of rotatable bonds is 3. The van der Waals surface area contributed by atoms with Crippen molar-refractivity contribution in [2.75, 3.05) is 0 Å². The molecular weight excluding hydrogens is 334 g/mol. The highest BCUT2D eigenvalue weighted by molar-refractivity contribution is 9.10. The van der Waals surface area contributed by atoms with Gasteiger partial charge >= 0.3 is 5.97 Å². The molecule has 0 unspecified atom stereocenters. The molecular formula is C13H9BrF2N2O2.